The van der Waals surface area contributed by atoms with E-state index in [4.69, 9.17) is 4.74 Å². The van der Waals surface area contributed by atoms with Crippen LogP contribution in [0.15, 0.2) is 48.5 Å². The van der Waals surface area contributed by atoms with Crippen LogP contribution in [0.2, 0.25) is 0 Å². The van der Waals surface area contributed by atoms with Crippen LogP contribution in [0.1, 0.15) is 42.6 Å². The number of nitrogens with zero attached hydrogens (tertiary/aromatic N) is 2. The number of hydrogen-bond acceptors (Lipinski definition) is 4. The topological polar surface area (TPSA) is 61.9 Å². The fourth-order valence-electron chi connectivity index (χ4n) is 4.15. The van der Waals surface area contributed by atoms with Gasteiger partial charge in [0.25, 0.3) is 5.91 Å². The van der Waals surface area contributed by atoms with Crippen LogP contribution in [-0.2, 0) is 4.79 Å². The number of para-hydroxylation sites is 1. The molecule has 1 aliphatic heterocycles. The van der Waals surface area contributed by atoms with Gasteiger partial charge in [0.15, 0.2) is 0 Å². The van der Waals surface area contributed by atoms with Crippen LogP contribution in [0.25, 0.3) is 0 Å². The van der Waals surface area contributed by atoms with Gasteiger partial charge < -0.3 is 15.0 Å². The first-order valence-corrected chi connectivity index (χ1v) is 11.4. The minimum absolute atomic E-state index is 0.0133. The average Bonchev–Trinajstić information content (AvgIpc) is 2.81. The van der Waals surface area contributed by atoms with Crippen molar-refractivity contribution in [2.75, 3.05) is 38.2 Å². The minimum atomic E-state index is -0.206. The van der Waals surface area contributed by atoms with Crippen LogP contribution in [0.4, 0.5) is 5.69 Å². The van der Waals surface area contributed by atoms with Crippen LogP contribution in [0.5, 0.6) is 5.75 Å². The molecule has 32 heavy (non-hydrogen) atoms. The number of methoxy groups -OCH3 is 1. The first kappa shape index (κ1) is 23.8. The molecule has 6 nitrogen and oxygen atoms in total. The van der Waals surface area contributed by atoms with Crippen molar-refractivity contribution in [2.24, 2.45) is 5.92 Å². The van der Waals surface area contributed by atoms with Crippen LogP contribution < -0.4 is 15.0 Å². The summed E-state index contributed by atoms with van der Waals surface area (Å²) < 4.78 is 5.19. The van der Waals surface area contributed by atoms with Gasteiger partial charge in [-0.05, 0) is 88.5 Å². The van der Waals surface area contributed by atoms with Crippen LogP contribution in [-0.4, -0.2) is 56.0 Å². The predicted octanol–water partition coefficient (Wildman–Crippen LogP) is 3.89. The lowest BCUT2D eigenvalue weighted by atomic mass is 9.96. The Balaban J connectivity index is 1.67. The molecule has 1 aliphatic rings. The fraction of sp³-hybridized carbons (Fsp3) is 0.462. The molecule has 0 radical (unpaired) electrons. The average molecular weight is 438 g/mol. The summed E-state index contributed by atoms with van der Waals surface area (Å²) in [4.78, 5) is 30.2. The van der Waals surface area contributed by atoms with Gasteiger partial charge in [0, 0.05) is 23.8 Å². The van der Waals surface area contributed by atoms with E-state index < -0.39 is 0 Å². The zero-order valence-electron chi connectivity index (χ0n) is 19.6. The lowest BCUT2D eigenvalue weighted by Gasteiger charge is -2.34. The van der Waals surface area contributed by atoms with E-state index in [1.54, 1.807) is 36.3 Å². The molecule has 2 amide bonds. The van der Waals surface area contributed by atoms with Crippen molar-refractivity contribution in [2.45, 2.75) is 39.7 Å². The van der Waals surface area contributed by atoms with Gasteiger partial charge in [0.1, 0.15) is 12.3 Å². The van der Waals surface area contributed by atoms with Crippen molar-refractivity contribution >= 4 is 17.5 Å². The molecule has 0 bridgehead atoms. The monoisotopic (exact) mass is 437 g/mol. The van der Waals surface area contributed by atoms with Crippen LogP contribution >= 0.6 is 0 Å². The Morgan fingerprint density at radius 3 is 2.34 bits per heavy atom. The zero-order valence-corrected chi connectivity index (χ0v) is 19.6. The number of rotatable bonds is 8. The molecule has 0 unspecified atom stereocenters. The van der Waals surface area contributed by atoms with E-state index >= 15 is 0 Å². The number of nitrogens with one attached hydrogen (secondary N) is 1. The van der Waals surface area contributed by atoms with Gasteiger partial charge in [0.2, 0.25) is 5.91 Å². The summed E-state index contributed by atoms with van der Waals surface area (Å²) >= 11 is 0. The highest BCUT2D eigenvalue weighted by atomic mass is 16.5. The third kappa shape index (κ3) is 6.10. The molecular formula is C26H35N3O3. The molecule has 2 aromatic rings. The first-order valence-electron chi connectivity index (χ1n) is 11.4. The first-order chi connectivity index (χ1) is 15.4. The van der Waals surface area contributed by atoms with E-state index in [1.807, 2.05) is 31.2 Å². The van der Waals surface area contributed by atoms with Crippen LogP contribution in [0.3, 0.4) is 0 Å². The van der Waals surface area contributed by atoms with Crippen molar-refractivity contribution in [3.8, 4) is 5.75 Å². The van der Waals surface area contributed by atoms with Crippen molar-refractivity contribution < 1.29 is 14.3 Å². The van der Waals surface area contributed by atoms with Gasteiger partial charge in [-0.2, -0.15) is 0 Å². The zero-order chi connectivity index (χ0) is 23.1. The fourth-order valence-corrected chi connectivity index (χ4v) is 4.15. The molecule has 0 saturated carbocycles. The molecule has 2 aromatic carbocycles. The molecule has 0 aromatic heterocycles. The van der Waals surface area contributed by atoms with Gasteiger partial charge in [-0.15, -0.1) is 0 Å². The molecule has 0 spiro atoms. The third-order valence-corrected chi connectivity index (χ3v) is 6.26. The number of piperidine rings is 1. The number of benzene rings is 2. The molecule has 172 valence electrons. The van der Waals surface area contributed by atoms with Gasteiger partial charge in [-0.1, -0.05) is 18.2 Å². The highest BCUT2D eigenvalue weighted by molar-refractivity contribution is 6.09. The summed E-state index contributed by atoms with van der Waals surface area (Å²) in [6.07, 6.45) is 2.18. The number of amides is 2. The molecule has 3 rings (SSSR count). The standard InChI is InChI=1S/C26H35N3O3/c1-19(2)28-15-13-21(14-16-28)17-27-25(30)18-29(24-8-6-5-7-20(24)3)26(31)22-9-11-23(32-4)12-10-22/h5-12,19,21H,13-18H2,1-4H3,(H,27,30). The number of anilines is 1. The Morgan fingerprint density at radius 2 is 1.75 bits per heavy atom. The molecular weight excluding hydrogens is 402 g/mol. The Labute approximate surface area is 191 Å². The third-order valence-electron chi connectivity index (χ3n) is 6.26. The number of carbonyl (C=O) groups excluding carboxylic acids is 2. The van der Waals surface area contributed by atoms with Gasteiger partial charge in [-0.3, -0.25) is 14.5 Å². The summed E-state index contributed by atoms with van der Waals surface area (Å²) in [6.45, 7) is 9.19. The van der Waals surface area contributed by atoms with E-state index in [1.165, 1.54) is 0 Å². The summed E-state index contributed by atoms with van der Waals surface area (Å²) in [5.41, 5.74) is 2.21. The highest BCUT2D eigenvalue weighted by Gasteiger charge is 2.24. The van der Waals surface area contributed by atoms with Crippen molar-refractivity contribution in [3.63, 3.8) is 0 Å². The molecule has 0 atom stereocenters. The Hall–Kier alpha value is -2.86. The van der Waals surface area contributed by atoms with E-state index in [-0.39, 0.29) is 18.4 Å². The Kier molecular flexibility index (Phi) is 8.28. The largest absolute Gasteiger partial charge is 0.497 e. The predicted molar refractivity (Wildman–Crippen MR) is 128 cm³/mol. The molecule has 1 saturated heterocycles. The second-order valence-corrected chi connectivity index (χ2v) is 8.78. The van der Waals surface area contributed by atoms with E-state index in [0.717, 1.165) is 37.2 Å². The number of ether oxygens (including phenoxy) is 1. The van der Waals surface area contributed by atoms with Crippen molar-refractivity contribution in [1.29, 1.82) is 0 Å². The summed E-state index contributed by atoms with van der Waals surface area (Å²) in [5, 5.41) is 3.07. The molecule has 0 aliphatic carbocycles. The Bertz CT molecular complexity index is 903. The van der Waals surface area contributed by atoms with E-state index in [0.29, 0.717) is 29.8 Å². The van der Waals surface area contributed by atoms with Crippen molar-refractivity contribution in [1.82, 2.24) is 10.2 Å². The summed E-state index contributed by atoms with van der Waals surface area (Å²) in [7, 11) is 1.59. The maximum Gasteiger partial charge on any atom is 0.258 e. The highest BCUT2D eigenvalue weighted by Crippen LogP contribution is 2.23. The smallest absolute Gasteiger partial charge is 0.258 e. The van der Waals surface area contributed by atoms with Crippen LogP contribution in [0, 0.1) is 12.8 Å². The lowest BCUT2D eigenvalue weighted by Crippen LogP contribution is -2.44. The molecule has 6 heteroatoms. The van der Waals surface area contributed by atoms with Gasteiger partial charge >= 0.3 is 0 Å². The molecule has 1 fully saturated rings. The molecule has 1 heterocycles. The maximum absolute atomic E-state index is 13.3. The number of carbonyl (C=O) groups is 2. The Morgan fingerprint density at radius 1 is 1.09 bits per heavy atom. The number of likely N-dealkylation sites (tertiary alicyclic amines) is 1. The van der Waals surface area contributed by atoms with E-state index in [9.17, 15) is 9.59 Å². The quantitative estimate of drug-likeness (QED) is 0.681. The number of hydrogen-bond donors (Lipinski definition) is 1. The summed E-state index contributed by atoms with van der Waals surface area (Å²) in [5.74, 6) is 0.826. The molecule has 1 N–H and O–H groups in total. The van der Waals surface area contributed by atoms with E-state index in [2.05, 4.69) is 24.1 Å². The summed E-state index contributed by atoms with van der Waals surface area (Å²) in [6, 6.07) is 15.2. The number of aryl methyl sites for hydroxylation is 1. The SMILES string of the molecule is COc1ccc(C(=O)N(CC(=O)NCC2CCN(C(C)C)CC2)c2ccccc2C)cc1. The normalized spacial score (nSPS) is 14.9. The second kappa shape index (κ2) is 11.1. The lowest BCUT2D eigenvalue weighted by molar-refractivity contribution is -0.120. The van der Waals surface area contributed by atoms with Gasteiger partial charge in [-0.25, -0.2) is 0 Å². The maximum atomic E-state index is 13.3. The van der Waals surface area contributed by atoms with Crippen molar-refractivity contribution in [3.05, 3.63) is 59.7 Å². The second-order valence-electron chi connectivity index (χ2n) is 8.78. The minimum Gasteiger partial charge on any atom is -0.497 e. The van der Waals surface area contributed by atoms with Gasteiger partial charge in [0.05, 0.1) is 7.11 Å².